The van der Waals surface area contributed by atoms with Crippen LogP contribution in [-0.2, 0) is 0 Å². The Kier molecular flexibility index (Phi) is 5.98. The number of H-pyrrole nitrogens is 1. The molecule has 1 saturated heterocycles. The van der Waals surface area contributed by atoms with Gasteiger partial charge < -0.3 is 28.8 Å². The Bertz CT molecular complexity index is 1380. The van der Waals surface area contributed by atoms with Crippen LogP contribution in [0.3, 0.4) is 0 Å². The number of nitrogens with one attached hydrogen (secondary N) is 1. The van der Waals surface area contributed by atoms with E-state index in [1.54, 1.807) is 12.1 Å². The van der Waals surface area contributed by atoms with E-state index in [1.807, 2.05) is 66.0 Å². The lowest BCUT2D eigenvalue weighted by Gasteiger charge is -2.36. The highest BCUT2D eigenvalue weighted by molar-refractivity contribution is 5.96. The van der Waals surface area contributed by atoms with Crippen molar-refractivity contribution in [3.8, 4) is 5.75 Å². The largest absolute Gasteiger partial charge is 0.490 e. The molecule has 3 heterocycles. The van der Waals surface area contributed by atoms with Crippen LogP contribution in [0.1, 0.15) is 10.4 Å². The summed E-state index contributed by atoms with van der Waals surface area (Å²) >= 11 is 0. The van der Waals surface area contributed by atoms with Crippen molar-refractivity contribution >= 4 is 28.1 Å². The number of ether oxygens (including phenoxy) is 1. The molecule has 0 radical (unpaired) electrons. The second-order valence-corrected chi connectivity index (χ2v) is 8.85. The van der Waals surface area contributed by atoms with Crippen molar-refractivity contribution < 1.29 is 9.53 Å². The Morgan fingerprint density at radius 1 is 1.03 bits per heavy atom. The van der Waals surface area contributed by atoms with Gasteiger partial charge in [0.15, 0.2) is 0 Å². The van der Waals surface area contributed by atoms with Gasteiger partial charge in [-0.25, -0.2) is 0 Å². The smallest absolute Gasteiger partial charge is 0.258 e. The maximum atomic E-state index is 13.3. The van der Waals surface area contributed by atoms with Crippen LogP contribution >= 0.6 is 0 Å². The van der Waals surface area contributed by atoms with Gasteiger partial charge in [0.2, 0.25) is 0 Å². The second kappa shape index (κ2) is 9.23. The molecule has 8 heteroatoms. The second-order valence-electron chi connectivity index (χ2n) is 8.85. The first kappa shape index (κ1) is 22.0. The number of hydrogen-bond donors (Lipinski definition) is 1. The molecule has 1 fully saturated rings. The highest BCUT2D eigenvalue weighted by Crippen LogP contribution is 2.29. The lowest BCUT2D eigenvalue weighted by atomic mass is 10.2. The molecular formula is C26H29N5O3. The molecule has 0 saturated carbocycles. The van der Waals surface area contributed by atoms with Gasteiger partial charge in [-0.15, -0.1) is 0 Å². The Hall–Kier alpha value is -3.78. The van der Waals surface area contributed by atoms with Gasteiger partial charge in [0.05, 0.1) is 22.2 Å². The maximum absolute atomic E-state index is 13.3. The van der Waals surface area contributed by atoms with E-state index in [0.717, 1.165) is 36.6 Å². The number of hydrogen-bond acceptors (Lipinski definition) is 5. The summed E-state index contributed by atoms with van der Waals surface area (Å²) in [6, 6.07) is 17.2. The number of piperazine rings is 1. The molecule has 34 heavy (non-hydrogen) atoms. The summed E-state index contributed by atoms with van der Waals surface area (Å²) in [5, 5.41) is 0.602. The van der Waals surface area contributed by atoms with Gasteiger partial charge in [-0.3, -0.25) is 9.59 Å². The van der Waals surface area contributed by atoms with Crippen LogP contribution in [0.25, 0.3) is 16.6 Å². The predicted octanol–water partition coefficient (Wildman–Crippen LogP) is 2.68. The third-order valence-corrected chi connectivity index (χ3v) is 6.29. The van der Waals surface area contributed by atoms with Gasteiger partial charge in [0.25, 0.3) is 11.5 Å². The Labute approximate surface area is 198 Å². The van der Waals surface area contributed by atoms with E-state index in [4.69, 9.17) is 4.74 Å². The van der Waals surface area contributed by atoms with E-state index >= 15 is 0 Å². The lowest BCUT2D eigenvalue weighted by molar-refractivity contribution is 0.0747. The van der Waals surface area contributed by atoms with E-state index in [2.05, 4.69) is 20.9 Å². The van der Waals surface area contributed by atoms with Crippen LogP contribution < -0.4 is 15.2 Å². The lowest BCUT2D eigenvalue weighted by Crippen LogP contribution is -2.48. The first-order valence-electron chi connectivity index (χ1n) is 11.5. The zero-order valence-electron chi connectivity index (χ0n) is 19.5. The van der Waals surface area contributed by atoms with Crippen molar-refractivity contribution in [2.24, 2.45) is 0 Å². The van der Waals surface area contributed by atoms with Gasteiger partial charge in [-0.1, -0.05) is 24.3 Å². The third kappa shape index (κ3) is 4.24. The number of benzene rings is 2. The van der Waals surface area contributed by atoms with Crippen LogP contribution in [0.4, 0.5) is 5.69 Å². The summed E-state index contributed by atoms with van der Waals surface area (Å²) < 4.78 is 7.90. The van der Waals surface area contributed by atoms with Gasteiger partial charge in [-0.05, 0) is 44.4 Å². The number of rotatable bonds is 6. The van der Waals surface area contributed by atoms with Gasteiger partial charge in [0, 0.05) is 38.9 Å². The van der Waals surface area contributed by atoms with Gasteiger partial charge >= 0.3 is 0 Å². The number of aromatic nitrogens is 2. The van der Waals surface area contributed by atoms with E-state index in [0.29, 0.717) is 36.3 Å². The Morgan fingerprint density at radius 3 is 2.56 bits per heavy atom. The SMILES string of the molecule is CN(C)CCOc1ccccc1N1CCN(C(=O)c2cc3[nH]c(=O)c4ccccc4n3c2)CC1. The fourth-order valence-corrected chi connectivity index (χ4v) is 4.45. The van der Waals surface area contributed by atoms with E-state index in [9.17, 15) is 9.59 Å². The van der Waals surface area contributed by atoms with Gasteiger partial charge in [-0.2, -0.15) is 0 Å². The molecule has 5 rings (SSSR count). The molecule has 0 aliphatic carbocycles. The average Bonchev–Trinajstić information content (AvgIpc) is 3.28. The highest BCUT2D eigenvalue weighted by Gasteiger charge is 2.25. The number of para-hydroxylation sites is 3. The Balaban J connectivity index is 1.30. The van der Waals surface area contributed by atoms with Crippen LogP contribution in [-0.4, -0.2) is 78.5 Å². The zero-order chi connectivity index (χ0) is 23.7. The van der Waals surface area contributed by atoms with Crippen molar-refractivity contribution in [1.29, 1.82) is 0 Å². The summed E-state index contributed by atoms with van der Waals surface area (Å²) in [4.78, 5) is 34.8. The molecule has 8 nitrogen and oxygen atoms in total. The van der Waals surface area contributed by atoms with Crippen molar-refractivity contribution in [2.75, 3.05) is 58.3 Å². The highest BCUT2D eigenvalue weighted by atomic mass is 16.5. The number of likely N-dealkylation sites (N-methyl/N-ethyl adjacent to an activating group) is 1. The minimum atomic E-state index is -0.153. The first-order valence-corrected chi connectivity index (χ1v) is 11.5. The standard InChI is InChI=1S/C26H29N5O3/c1-28(2)15-16-34-23-10-6-5-9-22(23)29-11-13-30(14-12-29)26(33)19-17-24-27-25(32)20-7-3-4-8-21(20)31(24)18-19/h3-10,17-18H,11-16H2,1-2H3,(H,27,32). The fourth-order valence-electron chi connectivity index (χ4n) is 4.45. The predicted molar refractivity (Wildman–Crippen MR) is 134 cm³/mol. The molecular weight excluding hydrogens is 430 g/mol. The molecule has 1 amide bonds. The molecule has 2 aromatic heterocycles. The summed E-state index contributed by atoms with van der Waals surface area (Å²) in [5.74, 6) is 0.849. The van der Waals surface area contributed by atoms with Crippen LogP contribution in [0.5, 0.6) is 5.75 Å². The Morgan fingerprint density at radius 2 is 1.76 bits per heavy atom. The van der Waals surface area contributed by atoms with Crippen molar-refractivity contribution in [1.82, 2.24) is 19.2 Å². The molecule has 1 N–H and O–H groups in total. The average molecular weight is 460 g/mol. The quantitative estimate of drug-likeness (QED) is 0.480. The maximum Gasteiger partial charge on any atom is 0.258 e. The minimum absolute atomic E-state index is 0.0243. The molecule has 0 atom stereocenters. The zero-order valence-corrected chi connectivity index (χ0v) is 19.5. The van der Waals surface area contributed by atoms with Crippen molar-refractivity contribution in [3.63, 3.8) is 0 Å². The number of amides is 1. The van der Waals surface area contributed by atoms with Crippen molar-refractivity contribution in [3.05, 3.63) is 76.7 Å². The molecule has 0 unspecified atom stereocenters. The molecule has 1 aliphatic heterocycles. The molecule has 0 spiro atoms. The van der Waals surface area contributed by atoms with Gasteiger partial charge in [0.1, 0.15) is 18.0 Å². The topological polar surface area (TPSA) is 73.3 Å². The number of anilines is 1. The summed E-state index contributed by atoms with van der Waals surface area (Å²) in [7, 11) is 4.06. The number of nitrogens with zero attached hydrogens (tertiary/aromatic N) is 4. The minimum Gasteiger partial charge on any atom is -0.490 e. The van der Waals surface area contributed by atoms with E-state index in [1.165, 1.54) is 0 Å². The summed E-state index contributed by atoms with van der Waals surface area (Å²) in [6.07, 6.45) is 1.82. The third-order valence-electron chi connectivity index (χ3n) is 6.29. The van der Waals surface area contributed by atoms with Crippen molar-refractivity contribution in [2.45, 2.75) is 0 Å². The molecule has 176 valence electrons. The molecule has 0 bridgehead atoms. The molecule has 2 aromatic carbocycles. The number of carbonyl (C=O) groups excluding carboxylic acids is 1. The molecule has 1 aliphatic rings. The van der Waals surface area contributed by atoms with E-state index in [-0.39, 0.29) is 11.5 Å². The first-order chi connectivity index (χ1) is 16.5. The summed E-state index contributed by atoms with van der Waals surface area (Å²) in [5.41, 5.74) is 2.89. The fraction of sp³-hybridized carbons (Fsp3) is 0.308. The van der Waals surface area contributed by atoms with Crippen LogP contribution in [0, 0.1) is 0 Å². The summed E-state index contributed by atoms with van der Waals surface area (Å²) in [6.45, 7) is 4.17. The number of carbonyl (C=O) groups is 1. The van der Waals surface area contributed by atoms with Crippen LogP contribution in [0.15, 0.2) is 65.6 Å². The molecule has 4 aromatic rings. The van der Waals surface area contributed by atoms with Crippen LogP contribution in [0.2, 0.25) is 0 Å². The number of aromatic amines is 1. The number of fused-ring (bicyclic) bond motifs is 3. The normalized spacial score (nSPS) is 14.3. The van der Waals surface area contributed by atoms with E-state index < -0.39 is 0 Å². The monoisotopic (exact) mass is 459 g/mol.